The first-order chi connectivity index (χ1) is 9.22. The molecule has 0 atom stereocenters. The van der Waals surface area contributed by atoms with E-state index in [0.717, 1.165) is 28.7 Å². The van der Waals surface area contributed by atoms with Gasteiger partial charge in [0, 0.05) is 35.9 Å². The van der Waals surface area contributed by atoms with E-state index in [1.807, 2.05) is 25.3 Å². The Morgan fingerprint density at radius 3 is 2.80 bits per heavy atom. The Morgan fingerprint density at radius 2 is 2.10 bits per heavy atom. The van der Waals surface area contributed by atoms with Gasteiger partial charge in [0.1, 0.15) is 0 Å². The molecule has 0 saturated carbocycles. The van der Waals surface area contributed by atoms with Gasteiger partial charge < -0.3 is 11.1 Å². The van der Waals surface area contributed by atoms with Crippen molar-refractivity contribution in [3.8, 4) is 0 Å². The van der Waals surface area contributed by atoms with Crippen molar-refractivity contribution in [2.45, 2.75) is 20.8 Å². The molecule has 3 heteroatoms. The summed E-state index contributed by atoms with van der Waals surface area (Å²) in [7, 11) is 0. The lowest BCUT2D eigenvalue weighted by molar-refractivity contribution is 0.835. The predicted molar refractivity (Wildman–Crippen MR) is 87.3 cm³/mol. The van der Waals surface area contributed by atoms with Crippen molar-refractivity contribution in [2.75, 3.05) is 6.54 Å². The van der Waals surface area contributed by atoms with Gasteiger partial charge in [0.25, 0.3) is 0 Å². The average molecular weight is 269 g/mol. The maximum absolute atomic E-state index is 5.93. The molecule has 1 aromatic heterocycles. The van der Waals surface area contributed by atoms with E-state index in [-0.39, 0.29) is 7.43 Å². The number of para-hydroxylation sites is 1. The Balaban J connectivity index is 0.00000200. The van der Waals surface area contributed by atoms with Crippen LogP contribution in [0.3, 0.4) is 0 Å². The lowest BCUT2D eigenvalue weighted by Crippen LogP contribution is -2.19. The van der Waals surface area contributed by atoms with Gasteiger partial charge in [-0.25, -0.2) is 0 Å². The second-order valence-corrected chi connectivity index (χ2v) is 4.50. The van der Waals surface area contributed by atoms with Gasteiger partial charge in [-0.15, -0.1) is 6.58 Å². The lowest BCUT2D eigenvalue weighted by atomic mass is 10.0. The highest BCUT2D eigenvalue weighted by atomic mass is 14.9. The van der Waals surface area contributed by atoms with Crippen LogP contribution in [0.1, 0.15) is 19.9 Å². The first-order valence-corrected chi connectivity index (χ1v) is 6.35. The van der Waals surface area contributed by atoms with Crippen LogP contribution >= 0.6 is 0 Å². The van der Waals surface area contributed by atoms with E-state index in [1.165, 1.54) is 5.56 Å². The SMILES string of the molecule is C.C=CCN/C(Cc1cccc2cccnc12)=C(/C)N. The van der Waals surface area contributed by atoms with Crippen molar-refractivity contribution in [1.82, 2.24) is 10.3 Å². The number of nitrogens with one attached hydrogen (secondary N) is 1. The average Bonchev–Trinajstić information content (AvgIpc) is 2.43. The van der Waals surface area contributed by atoms with Gasteiger partial charge in [-0.3, -0.25) is 4.98 Å². The topological polar surface area (TPSA) is 50.9 Å². The largest absolute Gasteiger partial charge is 0.401 e. The summed E-state index contributed by atoms with van der Waals surface area (Å²) in [6, 6.07) is 10.2. The Bertz CT molecular complexity index is 605. The summed E-state index contributed by atoms with van der Waals surface area (Å²) in [5.74, 6) is 0. The van der Waals surface area contributed by atoms with Crippen LogP contribution in [-0.2, 0) is 6.42 Å². The number of allylic oxidation sites excluding steroid dienone is 2. The maximum atomic E-state index is 5.93. The Morgan fingerprint density at radius 1 is 1.35 bits per heavy atom. The molecule has 0 aliphatic heterocycles. The Hall–Kier alpha value is -2.29. The standard InChI is InChI=1S/C16H19N3.CH4/c1-3-9-18-15(12(2)17)11-14-7-4-6-13-8-5-10-19-16(13)14;/h3-8,10,18H,1,9,11,17H2,2H3;1H4/b15-12-;. The first-order valence-electron chi connectivity index (χ1n) is 6.35. The van der Waals surface area contributed by atoms with Crippen LogP contribution in [0.2, 0.25) is 0 Å². The van der Waals surface area contributed by atoms with Gasteiger partial charge in [0.2, 0.25) is 0 Å². The van der Waals surface area contributed by atoms with Crippen LogP contribution in [0.5, 0.6) is 0 Å². The van der Waals surface area contributed by atoms with Crippen LogP contribution in [0.25, 0.3) is 10.9 Å². The normalized spacial score (nSPS) is 11.4. The second-order valence-electron chi connectivity index (χ2n) is 4.50. The van der Waals surface area contributed by atoms with Gasteiger partial charge in [-0.05, 0) is 18.6 Å². The lowest BCUT2D eigenvalue weighted by Gasteiger charge is -2.13. The minimum atomic E-state index is 0. The van der Waals surface area contributed by atoms with E-state index in [1.54, 1.807) is 0 Å². The maximum Gasteiger partial charge on any atom is 0.0737 e. The van der Waals surface area contributed by atoms with E-state index in [4.69, 9.17) is 5.73 Å². The molecule has 1 heterocycles. The molecular formula is C17H23N3. The number of rotatable bonds is 5. The van der Waals surface area contributed by atoms with Crippen LogP contribution in [0.15, 0.2) is 60.6 Å². The van der Waals surface area contributed by atoms with Crippen molar-refractivity contribution >= 4 is 10.9 Å². The minimum absolute atomic E-state index is 0. The Labute approximate surface area is 121 Å². The molecule has 106 valence electrons. The zero-order valence-corrected chi connectivity index (χ0v) is 11.2. The van der Waals surface area contributed by atoms with Crippen LogP contribution < -0.4 is 11.1 Å². The third kappa shape index (κ3) is 3.60. The Kier molecular flexibility index (Phi) is 5.78. The number of benzene rings is 1. The van der Waals surface area contributed by atoms with Gasteiger partial charge in [0.05, 0.1) is 5.52 Å². The van der Waals surface area contributed by atoms with E-state index in [2.05, 4.69) is 41.1 Å². The number of hydrogen-bond donors (Lipinski definition) is 2. The number of nitrogens with zero attached hydrogens (tertiary/aromatic N) is 1. The molecule has 1 aromatic carbocycles. The first kappa shape index (κ1) is 15.8. The van der Waals surface area contributed by atoms with Gasteiger partial charge in [0.15, 0.2) is 0 Å². The van der Waals surface area contributed by atoms with E-state index in [9.17, 15) is 0 Å². The summed E-state index contributed by atoms with van der Waals surface area (Å²) < 4.78 is 0. The van der Waals surface area contributed by atoms with Crippen molar-refractivity contribution in [3.63, 3.8) is 0 Å². The summed E-state index contributed by atoms with van der Waals surface area (Å²) in [6.45, 7) is 6.33. The fourth-order valence-electron chi connectivity index (χ4n) is 2.04. The molecule has 3 N–H and O–H groups in total. The molecule has 0 spiro atoms. The van der Waals surface area contributed by atoms with Crippen molar-refractivity contribution in [2.24, 2.45) is 5.73 Å². The minimum Gasteiger partial charge on any atom is -0.401 e. The van der Waals surface area contributed by atoms with Crippen molar-refractivity contribution < 1.29 is 0 Å². The number of hydrogen-bond acceptors (Lipinski definition) is 3. The van der Waals surface area contributed by atoms with E-state index in [0.29, 0.717) is 6.54 Å². The molecule has 0 fully saturated rings. The highest BCUT2D eigenvalue weighted by Gasteiger charge is 2.06. The van der Waals surface area contributed by atoms with Crippen LogP contribution in [0, 0.1) is 0 Å². The summed E-state index contributed by atoms with van der Waals surface area (Å²) in [6.07, 6.45) is 4.40. The monoisotopic (exact) mass is 269 g/mol. The molecule has 0 bridgehead atoms. The summed E-state index contributed by atoms with van der Waals surface area (Å²) >= 11 is 0. The fourth-order valence-corrected chi connectivity index (χ4v) is 2.04. The summed E-state index contributed by atoms with van der Waals surface area (Å²) in [5, 5.41) is 4.44. The fraction of sp³-hybridized carbons (Fsp3) is 0.235. The third-order valence-corrected chi connectivity index (χ3v) is 3.02. The number of nitrogens with two attached hydrogens (primary N) is 1. The molecule has 20 heavy (non-hydrogen) atoms. The second kappa shape index (κ2) is 7.34. The summed E-state index contributed by atoms with van der Waals surface area (Å²) in [4.78, 5) is 4.46. The quantitative estimate of drug-likeness (QED) is 0.818. The van der Waals surface area contributed by atoms with Crippen LogP contribution in [0.4, 0.5) is 0 Å². The molecule has 2 aromatic rings. The highest BCUT2D eigenvalue weighted by molar-refractivity contribution is 5.81. The molecule has 0 aliphatic carbocycles. The van der Waals surface area contributed by atoms with Crippen LogP contribution in [-0.4, -0.2) is 11.5 Å². The molecule has 0 unspecified atom stereocenters. The van der Waals surface area contributed by atoms with Crippen molar-refractivity contribution in [1.29, 1.82) is 0 Å². The van der Waals surface area contributed by atoms with Gasteiger partial charge in [-0.1, -0.05) is 37.8 Å². The molecule has 0 radical (unpaired) electrons. The highest BCUT2D eigenvalue weighted by Crippen LogP contribution is 2.18. The number of aromatic nitrogens is 1. The zero-order chi connectivity index (χ0) is 13.7. The van der Waals surface area contributed by atoms with Crippen molar-refractivity contribution in [3.05, 3.63) is 66.1 Å². The molecular weight excluding hydrogens is 246 g/mol. The van der Waals surface area contributed by atoms with E-state index < -0.39 is 0 Å². The predicted octanol–water partition coefficient (Wildman–Crippen LogP) is 3.38. The van der Waals surface area contributed by atoms with Gasteiger partial charge >= 0.3 is 0 Å². The van der Waals surface area contributed by atoms with E-state index >= 15 is 0 Å². The molecule has 3 nitrogen and oxygen atoms in total. The molecule has 0 aliphatic rings. The zero-order valence-electron chi connectivity index (χ0n) is 11.2. The smallest absolute Gasteiger partial charge is 0.0737 e. The molecule has 0 saturated heterocycles. The summed E-state index contributed by atoms with van der Waals surface area (Å²) in [5.41, 5.74) is 9.97. The number of pyridine rings is 1. The van der Waals surface area contributed by atoms with Gasteiger partial charge in [-0.2, -0.15) is 0 Å². The molecule has 2 rings (SSSR count). The third-order valence-electron chi connectivity index (χ3n) is 3.02. The molecule has 0 amide bonds. The number of fused-ring (bicyclic) bond motifs is 1.